The van der Waals surface area contributed by atoms with Gasteiger partial charge in [-0.25, -0.2) is 5.43 Å². The van der Waals surface area contributed by atoms with Crippen LogP contribution in [-0.2, 0) is 4.79 Å². The van der Waals surface area contributed by atoms with Crippen molar-refractivity contribution in [1.29, 1.82) is 0 Å². The van der Waals surface area contributed by atoms with Crippen molar-refractivity contribution in [3.8, 4) is 34.3 Å². The summed E-state index contributed by atoms with van der Waals surface area (Å²) in [5.74, 6) is 1.04. The molecule has 35 heavy (non-hydrogen) atoms. The fourth-order valence-corrected chi connectivity index (χ4v) is 4.01. The summed E-state index contributed by atoms with van der Waals surface area (Å²) in [5, 5.41) is 31.2. The number of methoxy groups -OCH3 is 1. The number of hydrazone groups is 1. The number of thioether (sulfide) groups is 1. The lowest BCUT2D eigenvalue weighted by molar-refractivity contribution is -0.625. The molecule has 1 amide bonds. The Kier molecular flexibility index (Phi) is 7.32. The number of benzene rings is 3. The van der Waals surface area contributed by atoms with Crippen LogP contribution >= 0.6 is 11.8 Å². The van der Waals surface area contributed by atoms with E-state index < -0.39 is 0 Å². The largest absolute Gasteiger partial charge is 0.508 e. The molecule has 178 valence electrons. The number of hydrogen-bond acceptors (Lipinski definition) is 7. The Balaban J connectivity index is 1.51. The first-order valence-corrected chi connectivity index (χ1v) is 11.6. The van der Waals surface area contributed by atoms with Gasteiger partial charge in [-0.2, -0.15) is 9.67 Å². The van der Waals surface area contributed by atoms with Crippen LogP contribution in [0.15, 0.2) is 77.0 Å². The highest BCUT2D eigenvalue weighted by molar-refractivity contribution is 7.99. The number of aromatic amines is 1. The molecule has 0 unspecified atom stereocenters. The first-order chi connectivity index (χ1) is 16.9. The zero-order chi connectivity index (χ0) is 24.8. The Bertz CT molecular complexity index is 1350. The van der Waals surface area contributed by atoms with Crippen molar-refractivity contribution in [3.63, 3.8) is 0 Å². The maximum absolute atomic E-state index is 12.4. The monoisotopic (exact) mass is 490 g/mol. The third-order valence-electron chi connectivity index (χ3n) is 5.07. The molecule has 0 aliphatic carbocycles. The number of hydrogen-bond donors (Lipinski definition) is 4. The van der Waals surface area contributed by atoms with Crippen LogP contribution in [0.2, 0.25) is 0 Å². The number of aromatic hydroxyl groups is 2. The van der Waals surface area contributed by atoms with E-state index in [1.165, 1.54) is 36.2 Å². The number of nitrogens with one attached hydrogen (secondary N) is 2. The zero-order valence-electron chi connectivity index (χ0n) is 19.1. The molecule has 0 radical (unpaired) electrons. The van der Waals surface area contributed by atoms with Crippen molar-refractivity contribution in [2.45, 2.75) is 12.1 Å². The second-order valence-electron chi connectivity index (χ2n) is 7.58. The lowest BCUT2D eigenvalue weighted by atomic mass is 10.2. The minimum atomic E-state index is -0.339. The molecule has 0 saturated heterocycles. The lowest BCUT2D eigenvalue weighted by Crippen LogP contribution is -2.34. The van der Waals surface area contributed by atoms with Crippen LogP contribution in [0, 0.1) is 6.92 Å². The summed E-state index contributed by atoms with van der Waals surface area (Å²) in [7, 11) is 1.62. The van der Waals surface area contributed by atoms with Gasteiger partial charge in [-0.3, -0.25) is 4.79 Å². The maximum atomic E-state index is 12.4. The van der Waals surface area contributed by atoms with Gasteiger partial charge in [-0.15, -0.1) is 5.10 Å². The van der Waals surface area contributed by atoms with E-state index in [0.29, 0.717) is 10.7 Å². The average Bonchev–Trinajstić information content (AvgIpc) is 3.28. The molecule has 0 saturated carbocycles. The van der Waals surface area contributed by atoms with Gasteiger partial charge >= 0.3 is 5.16 Å². The van der Waals surface area contributed by atoms with Crippen LogP contribution in [0.4, 0.5) is 0 Å². The number of aromatic nitrogens is 3. The summed E-state index contributed by atoms with van der Waals surface area (Å²) in [5.41, 5.74) is 5.75. The van der Waals surface area contributed by atoms with E-state index in [1.807, 2.05) is 60.0 Å². The highest BCUT2D eigenvalue weighted by Crippen LogP contribution is 2.23. The van der Waals surface area contributed by atoms with Gasteiger partial charge in [0.15, 0.2) is 0 Å². The fraction of sp³-hybridized carbons (Fsp3) is 0.120. The molecule has 4 rings (SSSR count). The number of phenolic OH excluding ortho intramolecular Hbond substituents is 2. The smallest absolute Gasteiger partial charge is 0.342 e. The van der Waals surface area contributed by atoms with Gasteiger partial charge in [-0.1, -0.05) is 17.7 Å². The molecule has 0 spiro atoms. The third kappa shape index (κ3) is 5.79. The second kappa shape index (κ2) is 10.7. The number of nitrogens with zero attached hydrogens (tertiary/aromatic N) is 3. The Hall–Kier alpha value is -4.31. The number of ether oxygens (including phenoxy) is 1. The summed E-state index contributed by atoms with van der Waals surface area (Å²) >= 11 is 1.26. The molecule has 0 fully saturated rings. The molecular formula is C25H24N5O4S+. The van der Waals surface area contributed by atoms with Gasteiger partial charge in [0.05, 0.1) is 29.7 Å². The lowest BCUT2D eigenvalue weighted by Gasteiger charge is -2.05. The SMILES string of the molecule is COc1ccc(-c2[nH]nc(SCC(=O)NN=Cc3ccc(O)cc3O)[n+]2-c2ccc(C)cc2)cc1. The number of carbonyl (C=O) groups is 1. The molecular weight excluding hydrogens is 466 g/mol. The topological polar surface area (TPSA) is 124 Å². The van der Waals surface area contributed by atoms with Crippen molar-refractivity contribution in [1.82, 2.24) is 15.6 Å². The van der Waals surface area contributed by atoms with Crippen LogP contribution in [0.25, 0.3) is 17.1 Å². The van der Waals surface area contributed by atoms with Crippen molar-refractivity contribution in [2.75, 3.05) is 12.9 Å². The summed E-state index contributed by atoms with van der Waals surface area (Å²) in [4.78, 5) is 12.4. The fourth-order valence-electron chi connectivity index (χ4n) is 3.25. The van der Waals surface area contributed by atoms with E-state index in [9.17, 15) is 15.0 Å². The van der Waals surface area contributed by atoms with Crippen molar-refractivity contribution in [2.24, 2.45) is 5.10 Å². The molecule has 10 heteroatoms. The van der Waals surface area contributed by atoms with Crippen LogP contribution in [0.3, 0.4) is 0 Å². The standard InChI is InChI=1S/C25H23N5O4S/c1-16-3-8-19(9-4-16)30-24(17-6-11-21(34-2)12-7-17)28-29-25(30)35-15-23(33)27-26-14-18-5-10-20(31)13-22(18)32/h3-14H,15H2,1-2H3,(H3,26,27,31,32,33)/p+1. The van der Waals surface area contributed by atoms with Crippen molar-refractivity contribution in [3.05, 3.63) is 77.9 Å². The Morgan fingerprint density at radius 3 is 2.57 bits per heavy atom. The van der Waals surface area contributed by atoms with Crippen molar-refractivity contribution >= 4 is 23.9 Å². The molecule has 4 N–H and O–H groups in total. The minimum Gasteiger partial charge on any atom is -0.508 e. The van der Waals surface area contributed by atoms with Gasteiger partial charge < -0.3 is 14.9 Å². The molecule has 0 bridgehead atoms. The first-order valence-electron chi connectivity index (χ1n) is 10.6. The van der Waals surface area contributed by atoms with Crippen LogP contribution in [-0.4, -0.2) is 45.4 Å². The van der Waals surface area contributed by atoms with Gasteiger partial charge in [-0.05, 0) is 67.2 Å². The highest BCUT2D eigenvalue weighted by Gasteiger charge is 2.24. The van der Waals surface area contributed by atoms with E-state index in [0.717, 1.165) is 28.4 Å². The van der Waals surface area contributed by atoms with Gasteiger partial charge in [0.2, 0.25) is 0 Å². The Morgan fingerprint density at radius 2 is 1.89 bits per heavy atom. The summed E-state index contributed by atoms with van der Waals surface area (Å²) in [6, 6.07) is 19.7. The predicted molar refractivity (Wildman–Crippen MR) is 133 cm³/mol. The zero-order valence-corrected chi connectivity index (χ0v) is 19.9. The number of H-pyrrole nitrogens is 1. The molecule has 0 atom stereocenters. The molecule has 9 nitrogen and oxygen atoms in total. The molecule has 1 aromatic heterocycles. The maximum Gasteiger partial charge on any atom is 0.342 e. The van der Waals surface area contributed by atoms with Crippen LogP contribution < -0.4 is 14.7 Å². The summed E-state index contributed by atoms with van der Waals surface area (Å²) in [6.45, 7) is 2.02. The molecule has 4 aromatic rings. The number of phenols is 2. The minimum absolute atomic E-state index is 0.0602. The second-order valence-corrected chi connectivity index (χ2v) is 8.52. The number of aryl methyl sites for hydroxylation is 1. The molecule has 0 aliphatic heterocycles. The van der Waals surface area contributed by atoms with E-state index >= 15 is 0 Å². The normalized spacial score (nSPS) is 11.0. The van der Waals surface area contributed by atoms with Crippen LogP contribution in [0.5, 0.6) is 17.2 Å². The summed E-state index contributed by atoms with van der Waals surface area (Å²) < 4.78 is 7.21. The highest BCUT2D eigenvalue weighted by atomic mass is 32.2. The first kappa shape index (κ1) is 23.8. The van der Waals surface area contributed by atoms with Gasteiger partial charge in [0.1, 0.15) is 22.9 Å². The molecule has 0 aliphatic rings. The number of carbonyl (C=O) groups excluding carboxylic acids is 1. The average molecular weight is 491 g/mol. The predicted octanol–water partition coefficient (Wildman–Crippen LogP) is 3.32. The molecule has 3 aromatic carbocycles. The van der Waals surface area contributed by atoms with Gasteiger partial charge in [0, 0.05) is 11.6 Å². The quantitative estimate of drug-likeness (QED) is 0.130. The van der Waals surface area contributed by atoms with Crippen LogP contribution in [0.1, 0.15) is 11.1 Å². The van der Waals surface area contributed by atoms with E-state index in [2.05, 4.69) is 20.7 Å². The molecule has 1 heterocycles. The van der Waals surface area contributed by atoms with E-state index in [-0.39, 0.29) is 23.2 Å². The number of rotatable bonds is 8. The van der Waals surface area contributed by atoms with Crippen molar-refractivity contribution < 1.29 is 24.3 Å². The van der Waals surface area contributed by atoms with E-state index in [1.54, 1.807) is 7.11 Å². The Morgan fingerprint density at radius 1 is 1.14 bits per heavy atom. The number of amides is 1. The van der Waals surface area contributed by atoms with Gasteiger partial charge in [0.25, 0.3) is 11.7 Å². The van der Waals surface area contributed by atoms with E-state index in [4.69, 9.17) is 4.74 Å². The third-order valence-corrected chi connectivity index (χ3v) is 6.01. The Labute approximate surface area is 206 Å². The summed E-state index contributed by atoms with van der Waals surface area (Å²) in [6.07, 6.45) is 1.31.